The molecule has 170 valence electrons. The molecule has 0 saturated heterocycles. The molecule has 8 heteroatoms. The van der Waals surface area contributed by atoms with E-state index in [0.717, 1.165) is 24.1 Å². The smallest absolute Gasteiger partial charge is 0.321 e. The first-order chi connectivity index (χ1) is 15.3. The topological polar surface area (TPSA) is 90.5 Å². The lowest BCUT2D eigenvalue weighted by Crippen LogP contribution is -2.51. The molecule has 0 fully saturated rings. The average Bonchev–Trinajstić information content (AvgIpc) is 2.77. The van der Waals surface area contributed by atoms with Crippen molar-refractivity contribution in [3.05, 3.63) is 59.4 Å². The molecule has 2 aromatic carbocycles. The van der Waals surface area contributed by atoms with Crippen molar-refractivity contribution in [2.24, 2.45) is 5.92 Å². The first kappa shape index (κ1) is 23.2. The van der Waals surface area contributed by atoms with E-state index >= 15 is 0 Å². The zero-order valence-corrected chi connectivity index (χ0v) is 18.6. The summed E-state index contributed by atoms with van der Waals surface area (Å²) in [5.74, 6) is -0.840. The Bertz CT molecular complexity index is 991. The summed E-state index contributed by atoms with van der Waals surface area (Å²) < 4.78 is 13.1. The number of rotatable bonds is 6. The summed E-state index contributed by atoms with van der Waals surface area (Å²) in [5.41, 5.74) is 2.79. The van der Waals surface area contributed by atoms with E-state index < -0.39 is 17.9 Å². The summed E-state index contributed by atoms with van der Waals surface area (Å²) in [7, 11) is 0. The molecule has 0 bridgehead atoms. The Kier molecular flexibility index (Phi) is 7.45. The number of hydrogen-bond acceptors (Lipinski definition) is 4. The number of hydrogen-bond donors (Lipinski definition) is 3. The van der Waals surface area contributed by atoms with E-state index in [0.29, 0.717) is 24.3 Å². The van der Waals surface area contributed by atoms with Gasteiger partial charge in [-0.05, 0) is 67.6 Å². The average molecular weight is 441 g/mol. The van der Waals surface area contributed by atoms with Gasteiger partial charge in [0.25, 0.3) is 5.91 Å². The van der Waals surface area contributed by atoms with Gasteiger partial charge in [-0.2, -0.15) is 0 Å². The molecule has 32 heavy (non-hydrogen) atoms. The third-order valence-electron chi connectivity index (χ3n) is 5.40. The highest BCUT2D eigenvalue weighted by Gasteiger charge is 2.28. The van der Waals surface area contributed by atoms with Crippen molar-refractivity contribution in [3.63, 3.8) is 0 Å². The van der Waals surface area contributed by atoms with Gasteiger partial charge < -0.3 is 15.5 Å². The lowest BCUT2D eigenvalue weighted by atomic mass is 9.98. The number of nitrogens with one attached hydrogen (secondary N) is 3. The largest absolute Gasteiger partial charge is 0.359 e. The van der Waals surface area contributed by atoms with E-state index in [4.69, 9.17) is 0 Å². The fourth-order valence-corrected chi connectivity index (χ4v) is 3.67. The predicted molar refractivity (Wildman–Crippen MR) is 122 cm³/mol. The van der Waals surface area contributed by atoms with Crippen LogP contribution >= 0.6 is 0 Å². The first-order valence-corrected chi connectivity index (χ1v) is 10.8. The van der Waals surface area contributed by atoms with Gasteiger partial charge >= 0.3 is 6.03 Å². The molecule has 1 aliphatic heterocycles. The fourth-order valence-electron chi connectivity index (χ4n) is 3.67. The van der Waals surface area contributed by atoms with E-state index in [1.54, 1.807) is 6.92 Å². The molecule has 3 rings (SSSR count). The number of carbonyl (C=O) groups excluding carboxylic acids is 3. The van der Waals surface area contributed by atoms with Crippen molar-refractivity contribution in [1.29, 1.82) is 0 Å². The second-order valence-corrected chi connectivity index (χ2v) is 8.33. The fraction of sp³-hybridized carbons (Fsp3) is 0.375. The van der Waals surface area contributed by atoms with Crippen LogP contribution < -0.4 is 20.9 Å². The Balaban J connectivity index is 1.74. The van der Waals surface area contributed by atoms with Gasteiger partial charge in [0.2, 0.25) is 5.91 Å². The van der Waals surface area contributed by atoms with Crippen LogP contribution in [0.3, 0.4) is 0 Å². The van der Waals surface area contributed by atoms with Crippen LogP contribution in [0.1, 0.15) is 43.1 Å². The third kappa shape index (κ3) is 5.63. The highest BCUT2D eigenvalue weighted by Crippen LogP contribution is 2.34. The summed E-state index contributed by atoms with van der Waals surface area (Å²) in [6.45, 7) is 6.84. The highest BCUT2D eigenvalue weighted by molar-refractivity contribution is 6.05. The van der Waals surface area contributed by atoms with Crippen LogP contribution in [0.25, 0.3) is 0 Å². The molecular formula is C24H29FN4O3. The van der Waals surface area contributed by atoms with Crippen molar-refractivity contribution in [3.8, 4) is 0 Å². The number of carbonyl (C=O) groups is 3. The molecule has 0 aliphatic carbocycles. The number of urea groups is 1. The van der Waals surface area contributed by atoms with Crippen LogP contribution in [0.4, 0.5) is 20.6 Å². The van der Waals surface area contributed by atoms with Crippen molar-refractivity contribution in [2.75, 3.05) is 23.3 Å². The number of amides is 4. The molecule has 0 radical (unpaired) electrons. The second-order valence-electron chi connectivity index (χ2n) is 8.33. The maximum Gasteiger partial charge on any atom is 0.321 e. The molecule has 0 aromatic heterocycles. The van der Waals surface area contributed by atoms with Crippen LogP contribution in [-0.2, 0) is 11.2 Å². The summed E-state index contributed by atoms with van der Waals surface area (Å²) in [6, 6.07) is 9.82. The van der Waals surface area contributed by atoms with E-state index in [9.17, 15) is 18.8 Å². The standard InChI is InChI=1S/C24H29FN4O3/c1-15(2)14-26-24(32)28-22(30)16(3)29-13-5-6-19-20(7-4-8-21(19)29)27-23(31)17-9-11-18(25)12-10-17/h4,7-12,15-16H,5-6,13-14H2,1-3H3,(H,27,31)(H2,26,28,30,32). The Morgan fingerprint density at radius 1 is 1.06 bits per heavy atom. The SMILES string of the molecule is CC(C)CNC(=O)NC(=O)C(C)N1CCCc2c(NC(=O)c3ccc(F)cc3)cccc21. The van der Waals surface area contributed by atoms with Crippen molar-refractivity contribution < 1.29 is 18.8 Å². The highest BCUT2D eigenvalue weighted by atomic mass is 19.1. The third-order valence-corrected chi connectivity index (χ3v) is 5.40. The normalized spacial score (nSPS) is 13.8. The molecule has 0 spiro atoms. The van der Waals surface area contributed by atoms with Gasteiger partial charge in [0.1, 0.15) is 11.9 Å². The first-order valence-electron chi connectivity index (χ1n) is 10.8. The summed E-state index contributed by atoms with van der Waals surface area (Å²) in [5, 5.41) is 7.99. The van der Waals surface area contributed by atoms with Gasteiger partial charge in [0, 0.05) is 30.0 Å². The van der Waals surface area contributed by atoms with Crippen molar-refractivity contribution in [1.82, 2.24) is 10.6 Å². The Morgan fingerprint density at radius 2 is 1.78 bits per heavy atom. The van der Waals surface area contributed by atoms with Gasteiger partial charge in [0.05, 0.1) is 0 Å². The molecule has 1 atom stereocenters. The number of halogens is 1. The Hall–Kier alpha value is -3.42. The van der Waals surface area contributed by atoms with E-state index in [-0.39, 0.29) is 17.7 Å². The Labute approximate surface area is 187 Å². The quantitative estimate of drug-likeness (QED) is 0.639. The summed E-state index contributed by atoms with van der Waals surface area (Å²) in [4.78, 5) is 39.2. The van der Waals surface area contributed by atoms with E-state index in [1.165, 1.54) is 24.3 Å². The van der Waals surface area contributed by atoms with Crippen molar-refractivity contribution in [2.45, 2.75) is 39.7 Å². The van der Waals surface area contributed by atoms with Gasteiger partial charge in [-0.25, -0.2) is 9.18 Å². The molecule has 1 unspecified atom stereocenters. The minimum absolute atomic E-state index is 0.283. The number of fused-ring (bicyclic) bond motifs is 1. The number of imide groups is 1. The summed E-state index contributed by atoms with van der Waals surface area (Å²) >= 11 is 0. The molecule has 4 amide bonds. The zero-order valence-electron chi connectivity index (χ0n) is 18.6. The van der Waals surface area contributed by atoms with Crippen LogP contribution in [-0.4, -0.2) is 37.0 Å². The maximum atomic E-state index is 13.1. The molecular weight excluding hydrogens is 411 g/mol. The van der Waals surface area contributed by atoms with Crippen LogP contribution in [0.5, 0.6) is 0 Å². The van der Waals surface area contributed by atoms with E-state index in [1.807, 2.05) is 36.9 Å². The minimum Gasteiger partial charge on any atom is -0.359 e. The van der Waals surface area contributed by atoms with Gasteiger partial charge in [-0.15, -0.1) is 0 Å². The maximum absolute atomic E-state index is 13.1. The van der Waals surface area contributed by atoms with Gasteiger partial charge in [-0.1, -0.05) is 19.9 Å². The number of anilines is 2. The molecule has 3 N–H and O–H groups in total. The second kappa shape index (κ2) is 10.3. The van der Waals surface area contributed by atoms with Crippen LogP contribution in [0.2, 0.25) is 0 Å². The lowest BCUT2D eigenvalue weighted by Gasteiger charge is -2.36. The molecule has 2 aromatic rings. The van der Waals surface area contributed by atoms with Crippen LogP contribution in [0, 0.1) is 11.7 Å². The number of benzene rings is 2. The molecule has 7 nitrogen and oxygen atoms in total. The van der Waals surface area contributed by atoms with Gasteiger partial charge in [-0.3, -0.25) is 14.9 Å². The molecule has 1 heterocycles. The van der Waals surface area contributed by atoms with Crippen LogP contribution in [0.15, 0.2) is 42.5 Å². The van der Waals surface area contributed by atoms with Crippen molar-refractivity contribution >= 4 is 29.2 Å². The lowest BCUT2D eigenvalue weighted by molar-refractivity contribution is -0.121. The molecule has 0 saturated carbocycles. The predicted octanol–water partition coefficient (Wildman–Crippen LogP) is 3.70. The van der Waals surface area contributed by atoms with E-state index in [2.05, 4.69) is 16.0 Å². The summed E-state index contributed by atoms with van der Waals surface area (Å²) in [6.07, 6.45) is 1.54. The van der Waals surface area contributed by atoms with Gasteiger partial charge in [0.15, 0.2) is 0 Å². The Morgan fingerprint density at radius 3 is 2.47 bits per heavy atom. The molecule has 1 aliphatic rings. The minimum atomic E-state index is -0.568. The zero-order chi connectivity index (χ0) is 23.3. The number of nitrogens with zero attached hydrogens (tertiary/aromatic N) is 1. The monoisotopic (exact) mass is 440 g/mol.